The lowest BCUT2D eigenvalue weighted by molar-refractivity contribution is -0.141. The van der Waals surface area contributed by atoms with Crippen LogP contribution in [0.1, 0.15) is 43.9 Å². The predicted molar refractivity (Wildman–Crippen MR) is 99.1 cm³/mol. The van der Waals surface area contributed by atoms with Crippen LogP contribution in [0.25, 0.3) is 0 Å². The van der Waals surface area contributed by atoms with Gasteiger partial charge in [-0.25, -0.2) is 4.79 Å². The van der Waals surface area contributed by atoms with Gasteiger partial charge in [-0.1, -0.05) is 11.6 Å². The Kier molecular flexibility index (Phi) is 6.58. The summed E-state index contributed by atoms with van der Waals surface area (Å²) in [6.45, 7) is 3.77. The molecule has 0 radical (unpaired) electrons. The van der Waals surface area contributed by atoms with Crippen LogP contribution in [0.2, 0.25) is 5.02 Å². The summed E-state index contributed by atoms with van der Waals surface area (Å²) in [5.41, 5.74) is 4.09. The number of nitrogens with zero attached hydrogens (tertiary/aromatic N) is 2. The van der Waals surface area contributed by atoms with Gasteiger partial charge in [0.1, 0.15) is 11.5 Å². The highest BCUT2D eigenvalue weighted by atomic mass is 35.5. The van der Waals surface area contributed by atoms with E-state index in [0.29, 0.717) is 0 Å². The standard InChI is InChI=1S/C16H16ClF3N4O4S/c1-4-28-15(27)9-6(2)11(13(21)26)29-14(9)22-8(25)5-24-7(3)10(17)12(23-24)16(18,19)20/h4-5H2,1-3H3,(H2,21,26)(H,22,25). The molecule has 29 heavy (non-hydrogen) atoms. The maximum atomic E-state index is 12.9. The number of thiophene rings is 1. The van der Waals surface area contributed by atoms with Crippen molar-refractivity contribution in [2.45, 2.75) is 33.5 Å². The van der Waals surface area contributed by atoms with Gasteiger partial charge in [0.05, 0.1) is 27.8 Å². The number of anilines is 1. The van der Waals surface area contributed by atoms with E-state index in [9.17, 15) is 27.6 Å². The molecule has 0 spiro atoms. The Morgan fingerprint density at radius 1 is 1.31 bits per heavy atom. The number of carbonyl (C=O) groups is 3. The number of esters is 1. The van der Waals surface area contributed by atoms with Gasteiger partial charge in [-0.05, 0) is 26.3 Å². The van der Waals surface area contributed by atoms with E-state index in [4.69, 9.17) is 22.1 Å². The number of primary amides is 1. The molecule has 0 aliphatic rings. The van der Waals surface area contributed by atoms with Crippen LogP contribution in [0, 0.1) is 13.8 Å². The number of halogens is 4. The molecule has 0 saturated heterocycles. The first kappa shape index (κ1) is 22.7. The van der Waals surface area contributed by atoms with Crippen molar-refractivity contribution in [3.63, 3.8) is 0 Å². The van der Waals surface area contributed by atoms with Crippen molar-refractivity contribution in [3.8, 4) is 0 Å². The summed E-state index contributed by atoms with van der Waals surface area (Å²) in [7, 11) is 0. The molecule has 2 heterocycles. The van der Waals surface area contributed by atoms with E-state index in [0.717, 1.165) is 16.0 Å². The maximum absolute atomic E-state index is 12.9. The van der Waals surface area contributed by atoms with Crippen molar-refractivity contribution in [2.24, 2.45) is 5.73 Å². The monoisotopic (exact) mass is 452 g/mol. The first-order valence-corrected chi connectivity index (χ1v) is 9.28. The first-order chi connectivity index (χ1) is 13.4. The lowest BCUT2D eigenvalue weighted by Crippen LogP contribution is -2.21. The quantitative estimate of drug-likeness (QED) is 0.653. The number of rotatable bonds is 6. The first-order valence-electron chi connectivity index (χ1n) is 8.08. The number of alkyl halides is 3. The molecule has 0 saturated carbocycles. The average Bonchev–Trinajstić information content (AvgIpc) is 3.06. The molecule has 0 aliphatic carbocycles. The van der Waals surface area contributed by atoms with Crippen LogP contribution in [0.5, 0.6) is 0 Å². The van der Waals surface area contributed by atoms with E-state index in [1.54, 1.807) is 6.92 Å². The van der Waals surface area contributed by atoms with Crippen molar-refractivity contribution in [1.29, 1.82) is 0 Å². The number of hydrogen-bond donors (Lipinski definition) is 2. The Bertz CT molecular complexity index is 984. The van der Waals surface area contributed by atoms with Crippen molar-refractivity contribution >= 4 is 45.7 Å². The van der Waals surface area contributed by atoms with Gasteiger partial charge in [0.15, 0.2) is 5.69 Å². The summed E-state index contributed by atoms with van der Waals surface area (Å²) in [4.78, 5) is 36.2. The number of amides is 2. The highest BCUT2D eigenvalue weighted by molar-refractivity contribution is 7.18. The number of aromatic nitrogens is 2. The zero-order valence-corrected chi connectivity index (χ0v) is 17.0. The Labute approximate surface area is 171 Å². The van der Waals surface area contributed by atoms with E-state index in [2.05, 4.69) is 10.4 Å². The number of carbonyl (C=O) groups excluding carboxylic acids is 3. The molecule has 0 aliphatic heterocycles. The molecule has 0 atom stereocenters. The average molecular weight is 453 g/mol. The zero-order chi connectivity index (χ0) is 22.1. The SMILES string of the molecule is CCOC(=O)c1c(NC(=O)Cn2nc(C(F)(F)F)c(Cl)c2C)sc(C(N)=O)c1C. The highest BCUT2D eigenvalue weighted by Gasteiger charge is 2.38. The minimum absolute atomic E-state index is 0.00768. The second-order valence-corrected chi connectivity index (χ2v) is 7.20. The molecule has 0 aromatic carbocycles. The van der Waals surface area contributed by atoms with Crippen LogP contribution in [0.3, 0.4) is 0 Å². The summed E-state index contributed by atoms with van der Waals surface area (Å²) in [5, 5.41) is 5.11. The Balaban J connectivity index is 2.33. The highest BCUT2D eigenvalue weighted by Crippen LogP contribution is 2.36. The maximum Gasteiger partial charge on any atom is 0.436 e. The molecule has 13 heteroatoms. The molecule has 3 N–H and O–H groups in total. The third-order valence-electron chi connectivity index (χ3n) is 3.80. The smallest absolute Gasteiger partial charge is 0.436 e. The molecule has 2 aromatic heterocycles. The molecule has 2 rings (SSSR count). The van der Waals surface area contributed by atoms with Gasteiger partial charge in [0, 0.05) is 0 Å². The van der Waals surface area contributed by atoms with Crippen molar-refractivity contribution in [1.82, 2.24) is 9.78 Å². The van der Waals surface area contributed by atoms with Crippen molar-refractivity contribution < 1.29 is 32.3 Å². The summed E-state index contributed by atoms with van der Waals surface area (Å²) >= 11 is 6.42. The third kappa shape index (κ3) is 4.70. The lowest BCUT2D eigenvalue weighted by atomic mass is 10.1. The van der Waals surface area contributed by atoms with Crippen molar-refractivity contribution in [2.75, 3.05) is 11.9 Å². The second-order valence-electron chi connectivity index (χ2n) is 5.80. The molecule has 0 fully saturated rings. The van der Waals surface area contributed by atoms with E-state index in [-0.39, 0.29) is 33.3 Å². The molecule has 2 aromatic rings. The van der Waals surface area contributed by atoms with E-state index < -0.39 is 41.2 Å². The van der Waals surface area contributed by atoms with Crippen LogP contribution in [-0.4, -0.2) is 34.2 Å². The fourth-order valence-corrected chi connectivity index (χ4v) is 3.75. The predicted octanol–water partition coefficient (Wildman–Crippen LogP) is 3.15. The van der Waals surface area contributed by atoms with Crippen LogP contribution >= 0.6 is 22.9 Å². The van der Waals surface area contributed by atoms with E-state index in [1.807, 2.05) is 0 Å². The van der Waals surface area contributed by atoms with E-state index in [1.165, 1.54) is 13.8 Å². The minimum Gasteiger partial charge on any atom is -0.462 e. The lowest BCUT2D eigenvalue weighted by Gasteiger charge is -2.08. The van der Waals surface area contributed by atoms with Crippen LogP contribution in [0.15, 0.2) is 0 Å². The fourth-order valence-electron chi connectivity index (χ4n) is 2.45. The van der Waals surface area contributed by atoms with Gasteiger partial charge in [0.25, 0.3) is 5.91 Å². The molecular weight excluding hydrogens is 437 g/mol. The number of ether oxygens (including phenoxy) is 1. The van der Waals surface area contributed by atoms with Crippen LogP contribution in [-0.2, 0) is 22.3 Å². The summed E-state index contributed by atoms with van der Waals surface area (Å²) in [6.07, 6.45) is -4.78. The third-order valence-corrected chi connectivity index (χ3v) is 5.47. The van der Waals surface area contributed by atoms with Crippen LogP contribution < -0.4 is 11.1 Å². The largest absolute Gasteiger partial charge is 0.462 e. The normalized spacial score (nSPS) is 11.4. The second kappa shape index (κ2) is 8.41. The topological polar surface area (TPSA) is 116 Å². The fraction of sp³-hybridized carbons (Fsp3) is 0.375. The number of hydrogen-bond acceptors (Lipinski definition) is 6. The van der Waals surface area contributed by atoms with Gasteiger partial charge in [-0.3, -0.25) is 14.3 Å². The van der Waals surface area contributed by atoms with Gasteiger partial charge in [0.2, 0.25) is 5.91 Å². The zero-order valence-electron chi connectivity index (χ0n) is 15.4. The van der Waals surface area contributed by atoms with Gasteiger partial charge in [-0.15, -0.1) is 11.3 Å². The van der Waals surface area contributed by atoms with Gasteiger partial charge < -0.3 is 15.8 Å². The molecular formula is C16H16ClF3N4O4S. The molecule has 2 amide bonds. The van der Waals surface area contributed by atoms with Crippen molar-refractivity contribution in [3.05, 3.63) is 32.4 Å². The van der Waals surface area contributed by atoms with Gasteiger partial charge >= 0.3 is 12.1 Å². The summed E-state index contributed by atoms with van der Waals surface area (Å²) in [6, 6.07) is 0. The molecule has 0 unspecified atom stereocenters. The summed E-state index contributed by atoms with van der Waals surface area (Å²) < 4.78 is 44.4. The molecule has 0 bridgehead atoms. The Morgan fingerprint density at radius 3 is 2.41 bits per heavy atom. The molecule has 158 valence electrons. The van der Waals surface area contributed by atoms with E-state index >= 15 is 0 Å². The Morgan fingerprint density at radius 2 is 1.93 bits per heavy atom. The van der Waals surface area contributed by atoms with Crippen LogP contribution in [0.4, 0.5) is 18.2 Å². The Hall–Kier alpha value is -2.60. The minimum atomic E-state index is -4.78. The van der Waals surface area contributed by atoms with Gasteiger partial charge in [-0.2, -0.15) is 18.3 Å². The summed E-state index contributed by atoms with van der Waals surface area (Å²) in [5.74, 6) is -2.37. The molecule has 8 nitrogen and oxygen atoms in total. The number of nitrogens with two attached hydrogens (primary N) is 1. The number of nitrogens with one attached hydrogen (secondary N) is 1.